The maximum absolute atomic E-state index is 11.7. The Hall–Kier alpha value is -0.870. The normalized spacial score (nSPS) is 21.6. The van der Waals surface area contributed by atoms with Crippen molar-refractivity contribution in [2.75, 3.05) is 6.54 Å². The predicted octanol–water partition coefficient (Wildman–Crippen LogP) is 1.81. The highest BCUT2D eigenvalue weighted by atomic mass is 32.1. The summed E-state index contributed by atoms with van der Waals surface area (Å²) < 4.78 is 0. The van der Waals surface area contributed by atoms with Crippen LogP contribution in [0.25, 0.3) is 0 Å². The first-order chi connectivity index (χ1) is 7.77. The van der Waals surface area contributed by atoms with Crippen LogP contribution in [0.1, 0.15) is 29.7 Å². The molecule has 1 amide bonds. The van der Waals surface area contributed by atoms with Crippen LogP contribution in [0.2, 0.25) is 0 Å². The number of amides is 1. The van der Waals surface area contributed by atoms with E-state index in [-0.39, 0.29) is 11.9 Å². The molecule has 1 aliphatic heterocycles. The van der Waals surface area contributed by atoms with Crippen molar-refractivity contribution >= 4 is 17.2 Å². The number of nitrogens with one attached hydrogen (secondary N) is 2. The smallest absolute Gasteiger partial charge is 0.237 e. The van der Waals surface area contributed by atoms with E-state index in [9.17, 15) is 4.79 Å². The summed E-state index contributed by atoms with van der Waals surface area (Å²) in [6, 6.07) is 2.11. The second kappa shape index (κ2) is 5.46. The highest BCUT2D eigenvalue weighted by Gasteiger charge is 2.19. The van der Waals surface area contributed by atoms with Gasteiger partial charge in [-0.25, -0.2) is 0 Å². The van der Waals surface area contributed by atoms with Gasteiger partial charge in [-0.2, -0.15) is 0 Å². The third kappa shape index (κ3) is 2.83. The van der Waals surface area contributed by atoms with E-state index in [1.54, 1.807) is 11.3 Å². The van der Waals surface area contributed by atoms with Gasteiger partial charge in [0.1, 0.15) is 0 Å². The van der Waals surface area contributed by atoms with Gasteiger partial charge in [0.05, 0.1) is 6.04 Å². The van der Waals surface area contributed by atoms with Gasteiger partial charge in [-0.1, -0.05) is 0 Å². The van der Waals surface area contributed by atoms with E-state index < -0.39 is 0 Å². The zero-order chi connectivity index (χ0) is 11.4. The summed E-state index contributed by atoms with van der Waals surface area (Å²) in [5, 5.41) is 8.39. The highest BCUT2D eigenvalue weighted by Crippen LogP contribution is 2.16. The van der Waals surface area contributed by atoms with Gasteiger partial charge < -0.3 is 10.6 Å². The summed E-state index contributed by atoms with van der Waals surface area (Å²) >= 11 is 1.75. The van der Waals surface area contributed by atoms with Crippen LogP contribution in [-0.2, 0) is 11.3 Å². The molecule has 16 heavy (non-hydrogen) atoms. The summed E-state index contributed by atoms with van der Waals surface area (Å²) in [7, 11) is 0. The summed E-state index contributed by atoms with van der Waals surface area (Å²) in [6.07, 6.45) is 3.18. The third-order valence-corrected chi connectivity index (χ3v) is 4.04. The van der Waals surface area contributed by atoms with Crippen molar-refractivity contribution in [2.45, 2.75) is 38.8 Å². The van der Waals surface area contributed by atoms with E-state index in [2.05, 4.69) is 29.0 Å². The molecule has 0 spiro atoms. The number of aryl methyl sites for hydroxylation is 1. The molecule has 1 fully saturated rings. The Labute approximate surface area is 100 Å². The van der Waals surface area contributed by atoms with Gasteiger partial charge in [-0.3, -0.25) is 4.79 Å². The van der Waals surface area contributed by atoms with Gasteiger partial charge in [0.15, 0.2) is 0 Å². The number of carbonyl (C=O) groups excluding carboxylic acids is 1. The summed E-state index contributed by atoms with van der Waals surface area (Å²) in [5.74, 6) is 0.159. The standard InChI is InChI=1S/C12H18N2OS/c1-9-5-7-16-11(9)8-14-10-4-2-3-6-13-12(10)15/h5,7,10,14H,2-4,6,8H2,1H3,(H,13,15). The Balaban J connectivity index is 1.89. The molecule has 1 aromatic heterocycles. The van der Waals surface area contributed by atoms with Gasteiger partial charge >= 0.3 is 0 Å². The van der Waals surface area contributed by atoms with Crippen LogP contribution in [0.3, 0.4) is 0 Å². The highest BCUT2D eigenvalue weighted by molar-refractivity contribution is 7.10. The summed E-state index contributed by atoms with van der Waals surface area (Å²) in [5.41, 5.74) is 1.31. The first-order valence-corrected chi connectivity index (χ1v) is 6.69. The van der Waals surface area contributed by atoms with E-state index in [0.29, 0.717) is 0 Å². The Kier molecular flexibility index (Phi) is 3.96. The van der Waals surface area contributed by atoms with Crippen molar-refractivity contribution in [3.05, 3.63) is 21.9 Å². The minimum atomic E-state index is -0.0102. The molecular formula is C12H18N2OS. The zero-order valence-electron chi connectivity index (χ0n) is 9.58. The third-order valence-electron chi connectivity index (χ3n) is 3.01. The van der Waals surface area contributed by atoms with Gasteiger partial charge in [0.25, 0.3) is 0 Å². The molecular weight excluding hydrogens is 220 g/mol. The minimum absolute atomic E-state index is 0.0102. The van der Waals surface area contributed by atoms with E-state index in [4.69, 9.17) is 0 Å². The van der Waals surface area contributed by atoms with E-state index >= 15 is 0 Å². The second-order valence-electron chi connectivity index (χ2n) is 4.25. The molecule has 0 bridgehead atoms. The largest absolute Gasteiger partial charge is 0.355 e. The first kappa shape index (κ1) is 11.6. The van der Waals surface area contributed by atoms with Crippen LogP contribution in [0, 0.1) is 6.92 Å². The predicted molar refractivity (Wildman–Crippen MR) is 66.5 cm³/mol. The average Bonchev–Trinajstić information content (AvgIpc) is 2.56. The first-order valence-electron chi connectivity index (χ1n) is 5.81. The summed E-state index contributed by atoms with van der Waals surface area (Å²) in [4.78, 5) is 13.0. The van der Waals surface area contributed by atoms with Crippen LogP contribution in [0.4, 0.5) is 0 Å². The van der Waals surface area contributed by atoms with Crippen molar-refractivity contribution in [1.82, 2.24) is 10.6 Å². The van der Waals surface area contributed by atoms with Crippen LogP contribution in [0.15, 0.2) is 11.4 Å². The number of thiophene rings is 1. The molecule has 0 radical (unpaired) electrons. The van der Waals surface area contributed by atoms with Gasteiger partial charge in [0, 0.05) is 18.0 Å². The molecule has 3 nitrogen and oxygen atoms in total. The molecule has 88 valence electrons. The molecule has 2 N–H and O–H groups in total. The Morgan fingerprint density at radius 3 is 3.19 bits per heavy atom. The lowest BCUT2D eigenvalue weighted by molar-refractivity contribution is -0.122. The number of carbonyl (C=O) groups is 1. The fraction of sp³-hybridized carbons (Fsp3) is 0.583. The number of hydrogen-bond acceptors (Lipinski definition) is 3. The molecule has 4 heteroatoms. The van der Waals surface area contributed by atoms with Crippen LogP contribution < -0.4 is 10.6 Å². The molecule has 1 saturated heterocycles. The average molecular weight is 238 g/mol. The van der Waals surface area contributed by atoms with E-state index in [1.807, 2.05) is 0 Å². The maximum atomic E-state index is 11.7. The van der Waals surface area contributed by atoms with Crippen LogP contribution >= 0.6 is 11.3 Å². The maximum Gasteiger partial charge on any atom is 0.237 e. The quantitative estimate of drug-likeness (QED) is 0.843. The summed E-state index contributed by atoms with van der Waals surface area (Å²) in [6.45, 7) is 3.75. The lowest BCUT2D eigenvalue weighted by Gasteiger charge is -2.14. The number of hydrogen-bond donors (Lipinski definition) is 2. The lowest BCUT2D eigenvalue weighted by atomic mass is 10.1. The molecule has 1 aliphatic rings. The molecule has 0 saturated carbocycles. The molecule has 1 unspecified atom stereocenters. The van der Waals surface area contributed by atoms with Crippen molar-refractivity contribution in [3.63, 3.8) is 0 Å². The van der Waals surface area contributed by atoms with Crippen LogP contribution in [0.5, 0.6) is 0 Å². The van der Waals surface area contributed by atoms with Gasteiger partial charge in [-0.05, 0) is 43.2 Å². The van der Waals surface area contributed by atoms with Crippen molar-refractivity contribution in [2.24, 2.45) is 0 Å². The van der Waals surface area contributed by atoms with E-state index in [1.165, 1.54) is 10.4 Å². The van der Waals surface area contributed by atoms with E-state index in [0.717, 1.165) is 32.4 Å². The Bertz CT molecular complexity index is 362. The zero-order valence-corrected chi connectivity index (χ0v) is 10.4. The molecule has 2 rings (SSSR count). The molecule has 1 atom stereocenters. The molecule has 1 aromatic rings. The Morgan fingerprint density at radius 1 is 1.56 bits per heavy atom. The Morgan fingerprint density at radius 2 is 2.44 bits per heavy atom. The van der Waals surface area contributed by atoms with Crippen molar-refractivity contribution in [1.29, 1.82) is 0 Å². The fourth-order valence-corrected chi connectivity index (χ4v) is 2.79. The molecule has 0 aromatic carbocycles. The van der Waals surface area contributed by atoms with Crippen LogP contribution in [-0.4, -0.2) is 18.5 Å². The lowest BCUT2D eigenvalue weighted by Crippen LogP contribution is -2.42. The number of rotatable bonds is 3. The fourth-order valence-electron chi connectivity index (χ4n) is 1.94. The second-order valence-corrected chi connectivity index (χ2v) is 5.25. The molecule has 0 aliphatic carbocycles. The van der Waals surface area contributed by atoms with Gasteiger partial charge in [-0.15, -0.1) is 11.3 Å². The van der Waals surface area contributed by atoms with Crippen molar-refractivity contribution < 1.29 is 4.79 Å². The SMILES string of the molecule is Cc1ccsc1CNC1CCCCNC1=O. The monoisotopic (exact) mass is 238 g/mol. The topological polar surface area (TPSA) is 41.1 Å². The van der Waals surface area contributed by atoms with Gasteiger partial charge in [0.2, 0.25) is 5.91 Å². The molecule has 2 heterocycles. The minimum Gasteiger partial charge on any atom is -0.355 e. The van der Waals surface area contributed by atoms with Crippen molar-refractivity contribution in [3.8, 4) is 0 Å².